The fourth-order valence-corrected chi connectivity index (χ4v) is 1.67. The fourth-order valence-electron chi connectivity index (χ4n) is 1.23. The van der Waals surface area contributed by atoms with Crippen molar-refractivity contribution < 1.29 is 14.3 Å². The lowest BCUT2D eigenvalue weighted by molar-refractivity contribution is -0.140. The Hall–Kier alpha value is -1.50. The third-order valence-corrected chi connectivity index (χ3v) is 2.67. The number of nitrogens with one attached hydrogen (secondary N) is 1. The molecule has 17 heavy (non-hydrogen) atoms. The van der Waals surface area contributed by atoms with Crippen LogP contribution in [0.4, 0.5) is 0 Å². The van der Waals surface area contributed by atoms with Gasteiger partial charge in [0.25, 0.3) is 5.91 Å². The standard InChI is InChI=1S/C10H15N3O3S/c1-16-9(14)5-3-2-4-6-11-10(15)8-7-17-13-12-8/h7H,2-6H2,1H3,(H,11,15). The summed E-state index contributed by atoms with van der Waals surface area (Å²) in [5, 5.41) is 8.00. The van der Waals surface area contributed by atoms with Crippen molar-refractivity contribution in [3.8, 4) is 0 Å². The molecule has 1 aromatic rings. The summed E-state index contributed by atoms with van der Waals surface area (Å²) in [5.41, 5.74) is 0.351. The van der Waals surface area contributed by atoms with Crippen molar-refractivity contribution in [2.45, 2.75) is 25.7 Å². The number of rotatable bonds is 7. The lowest BCUT2D eigenvalue weighted by Crippen LogP contribution is -2.24. The highest BCUT2D eigenvalue weighted by Crippen LogP contribution is 2.01. The Morgan fingerprint density at radius 1 is 1.41 bits per heavy atom. The quantitative estimate of drug-likeness (QED) is 0.582. The molecule has 0 saturated carbocycles. The fraction of sp³-hybridized carbons (Fsp3) is 0.600. The maximum Gasteiger partial charge on any atom is 0.305 e. The van der Waals surface area contributed by atoms with Gasteiger partial charge in [-0.2, -0.15) is 0 Å². The first kappa shape index (κ1) is 13.6. The van der Waals surface area contributed by atoms with Crippen LogP contribution >= 0.6 is 11.5 Å². The summed E-state index contributed by atoms with van der Waals surface area (Å²) in [6, 6.07) is 0. The van der Waals surface area contributed by atoms with E-state index in [0.717, 1.165) is 30.8 Å². The van der Waals surface area contributed by atoms with Gasteiger partial charge in [0.05, 0.1) is 7.11 Å². The summed E-state index contributed by atoms with van der Waals surface area (Å²) < 4.78 is 8.13. The minimum absolute atomic E-state index is 0.192. The second-order valence-corrected chi connectivity index (χ2v) is 4.04. The monoisotopic (exact) mass is 257 g/mol. The molecule has 0 radical (unpaired) electrons. The minimum Gasteiger partial charge on any atom is -0.469 e. The van der Waals surface area contributed by atoms with Crippen LogP contribution in [0.25, 0.3) is 0 Å². The van der Waals surface area contributed by atoms with E-state index in [-0.39, 0.29) is 11.9 Å². The number of hydrogen-bond donors (Lipinski definition) is 1. The highest BCUT2D eigenvalue weighted by molar-refractivity contribution is 7.03. The summed E-state index contributed by atoms with van der Waals surface area (Å²) in [6.07, 6.45) is 2.92. The SMILES string of the molecule is COC(=O)CCCCCNC(=O)c1csnn1. The predicted molar refractivity (Wildman–Crippen MR) is 62.7 cm³/mol. The van der Waals surface area contributed by atoms with Crippen molar-refractivity contribution in [1.29, 1.82) is 0 Å². The third-order valence-electron chi connectivity index (χ3n) is 2.16. The van der Waals surface area contributed by atoms with Gasteiger partial charge in [0.2, 0.25) is 0 Å². The van der Waals surface area contributed by atoms with Crippen LogP contribution in [0.1, 0.15) is 36.2 Å². The molecule has 0 unspecified atom stereocenters. The third kappa shape index (κ3) is 5.39. The van der Waals surface area contributed by atoms with Gasteiger partial charge < -0.3 is 10.1 Å². The van der Waals surface area contributed by atoms with Gasteiger partial charge >= 0.3 is 5.97 Å². The Labute approximate surface area is 104 Å². The summed E-state index contributed by atoms with van der Waals surface area (Å²) in [4.78, 5) is 22.2. The van der Waals surface area contributed by atoms with Crippen LogP contribution < -0.4 is 5.32 Å². The van der Waals surface area contributed by atoms with Crippen LogP contribution in [0.5, 0.6) is 0 Å². The molecule has 0 fully saturated rings. The van der Waals surface area contributed by atoms with E-state index in [1.165, 1.54) is 7.11 Å². The zero-order valence-electron chi connectivity index (χ0n) is 9.64. The number of carbonyl (C=O) groups excluding carboxylic acids is 2. The first-order valence-electron chi connectivity index (χ1n) is 5.36. The van der Waals surface area contributed by atoms with Gasteiger partial charge in [0.1, 0.15) is 0 Å². The first-order valence-corrected chi connectivity index (χ1v) is 6.19. The van der Waals surface area contributed by atoms with Crippen LogP contribution in [-0.4, -0.2) is 35.1 Å². The lowest BCUT2D eigenvalue weighted by atomic mass is 10.2. The minimum atomic E-state index is -0.202. The van der Waals surface area contributed by atoms with Crippen molar-refractivity contribution in [3.05, 3.63) is 11.1 Å². The topological polar surface area (TPSA) is 81.2 Å². The summed E-state index contributed by atoms with van der Waals surface area (Å²) in [7, 11) is 1.38. The van der Waals surface area contributed by atoms with Gasteiger partial charge in [-0.1, -0.05) is 10.9 Å². The molecular weight excluding hydrogens is 242 g/mol. The molecule has 0 aliphatic heterocycles. The van der Waals surface area contributed by atoms with E-state index in [9.17, 15) is 9.59 Å². The maximum atomic E-state index is 11.4. The van der Waals surface area contributed by atoms with Gasteiger partial charge in [-0.15, -0.1) is 5.10 Å². The largest absolute Gasteiger partial charge is 0.469 e. The molecule has 1 amide bonds. The van der Waals surface area contributed by atoms with E-state index < -0.39 is 0 Å². The molecular formula is C10H15N3O3S. The first-order chi connectivity index (χ1) is 8.24. The van der Waals surface area contributed by atoms with E-state index >= 15 is 0 Å². The van der Waals surface area contributed by atoms with E-state index in [0.29, 0.717) is 18.7 Å². The number of nitrogens with zero attached hydrogens (tertiary/aromatic N) is 2. The number of hydrogen-bond acceptors (Lipinski definition) is 6. The van der Waals surface area contributed by atoms with Crippen LogP contribution in [0.15, 0.2) is 5.38 Å². The molecule has 6 nitrogen and oxygen atoms in total. The lowest BCUT2D eigenvalue weighted by Gasteiger charge is -2.02. The maximum absolute atomic E-state index is 11.4. The van der Waals surface area contributed by atoms with E-state index in [2.05, 4.69) is 19.6 Å². The van der Waals surface area contributed by atoms with Crippen molar-refractivity contribution in [1.82, 2.24) is 14.9 Å². The van der Waals surface area contributed by atoms with Crippen molar-refractivity contribution in [2.24, 2.45) is 0 Å². The molecule has 1 heterocycles. The van der Waals surface area contributed by atoms with Crippen LogP contribution in [0, 0.1) is 0 Å². The molecule has 0 saturated heterocycles. The molecule has 0 spiro atoms. The van der Waals surface area contributed by atoms with Gasteiger partial charge in [-0.25, -0.2) is 0 Å². The molecule has 1 rings (SSSR count). The molecule has 1 N–H and O–H groups in total. The summed E-state index contributed by atoms with van der Waals surface area (Å²) in [6.45, 7) is 0.581. The number of ether oxygens (including phenoxy) is 1. The van der Waals surface area contributed by atoms with Crippen LogP contribution in [-0.2, 0) is 9.53 Å². The van der Waals surface area contributed by atoms with E-state index in [1.807, 2.05) is 0 Å². The number of aromatic nitrogens is 2. The highest BCUT2D eigenvalue weighted by Gasteiger charge is 2.07. The van der Waals surface area contributed by atoms with Gasteiger partial charge in [-0.3, -0.25) is 9.59 Å². The molecule has 0 aliphatic rings. The van der Waals surface area contributed by atoms with E-state index in [1.54, 1.807) is 5.38 Å². The second-order valence-electron chi connectivity index (χ2n) is 3.43. The second kappa shape index (κ2) is 7.72. The Balaban J connectivity index is 2.01. The van der Waals surface area contributed by atoms with Gasteiger partial charge in [0, 0.05) is 18.3 Å². The molecule has 7 heteroatoms. The Kier molecular flexibility index (Phi) is 6.16. The Bertz CT molecular complexity index is 354. The average molecular weight is 257 g/mol. The van der Waals surface area contributed by atoms with Crippen molar-refractivity contribution in [2.75, 3.05) is 13.7 Å². The van der Waals surface area contributed by atoms with Crippen LogP contribution in [0.2, 0.25) is 0 Å². The van der Waals surface area contributed by atoms with E-state index in [4.69, 9.17) is 0 Å². The Morgan fingerprint density at radius 2 is 2.24 bits per heavy atom. The van der Waals surface area contributed by atoms with Crippen molar-refractivity contribution >= 4 is 23.4 Å². The summed E-state index contributed by atoms with van der Waals surface area (Å²) >= 11 is 1.15. The zero-order chi connectivity index (χ0) is 12.5. The van der Waals surface area contributed by atoms with Gasteiger partial charge in [0.15, 0.2) is 5.69 Å². The summed E-state index contributed by atoms with van der Waals surface area (Å²) in [5.74, 6) is -0.394. The number of amides is 1. The van der Waals surface area contributed by atoms with Gasteiger partial charge in [-0.05, 0) is 24.4 Å². The predicted octanol–water partition coefficient (Wildman–Crippen LogP) is 1.00. The number of carbonyl (C=O) groups is 2. The zero-order valence-corrected chi connectivity index (χ0v) is 10.5. The Morgan fingerprint density at radius 3 is 2.88 bits per heavy atom. The van der Waals surface area contributed by atoms with Crippen molar-refractivity contribution in [3.63, 3.8) is 0 Å². The number of methoxy groups -OCH3 is 1. The van der Waals surface area contributed by atoms with Crippen LogP contribution in [0.3, 0.4) is 0 Å². The number of unbranched alkanes of at least 4 members (excludes halogenated alkanes) is 2. The molecule has 0 aliphatic carbocycles. The number of esters is 1. The molecule has 0 atom stereocenters. The molecule has 0 bridgehead atoms. The average Bonchev–Trinajstić information content (AvgIpc) is 2.86. The highest BCUT2D eigenvalue weighted by atomic mass is 32.1. The molecule has 0 aromatic carbocycles. The molecule has 1 aromatic heterocycles. The smallest absolute Gasteiger partial charge is 0.305 e. The normalized spacial score (nSPS) is 9.94. The molecule has 94 valence electrons.